The van der Waals surface area contributed by atoms with Crippen LogP contribution in [0.3, 0.4) is 0 Å². The molecule has 1 aliphatic rings. The smallest absolute Gasteiger partial charge is 0.276 e. The molecular formula is C18H20ClFN4O3. The van der Waals surface area contributed by atoms with Crippen molar-refractivity contribution in [3.8, 4) is 0 Å². The average Bonchev–Trinajstić information content (AvgIpc) is 3.08. The van der Waals surface area contributed by atoms with Gasteiger partial charge >= 0.3 is 0 Å². The number of hydrogen-bond donors (Lipinski definition) is 1. The van der Waals surface area contributed by atoms with Crippen LogP contribution in [-0.4, -0.2) is 66.0 Å². The van der Waals surface area contributed by atoms with Crippen molar-refractivity contribution in [2.75, 3.05) is 39.3 Å². The van der Waals surface area contributed by atoms with E-state index in [-0.39, 0.29) is 22.4 Å². The highest BCUT2D eigenvalue weighted by molar-refractivity contribution is 6.33. The minimum Gasteiger partial charge on any atom is -0.361 e. The van der Waals surface area contributed by atoms with E-state index in [0.717, 1.165) is 6.07 Å². The number of hydrogen-bond acceptors (Lipinski definition) is 5. The molecule has 1 aliphatic heterocycles. The topological polar surface area (TPSA) is 78.7 Å². The molecule has 0 spiro atoms. The van der Waals surface area contributed by atoms with Gasteiger partial charge in [0.05, 0.1) is 10.6 Å². The molecule has 1 N–H and O–H groups in total. The second kappa shape index (κ2) is 8.49. The van der Waals surface area contributed by atoms with Gasteiger partial charge in [0.1, 0.15) is 11.6 Å². The van der Waals surface area contributed by atoms with E-state index in [2.05, 4.69) is 15.4 Å². The normalized spacial score (nSPS) is 15.0. The summed E-state index contributed by atoms with van der Waals surface area (Å²) >= 11 is 5.89. The predicted molar refractivity (Wildman–Crippen MR) is 97.3 cm³/mol. The Morgan fingerprint density at radius 1 is 1.26 bits per heavy atom. The van der Waals surface area contributed by atoms with Gasteiger partial charge in [-0.1, -0.05) is 16.8 Å². The maximum absolute atomic E-state index is 13.0. The van der Waals surface area contributed by atoms with Gasteiger partial charge in [0, 0.05) is 45.3 Å². The molecule has 9 heteroatoms. The van der Waals surface area contributed by atoms with Crippen LogP contribution in [-0.2, 0) is 0 Å². The number of nitrogens with one attached hydrogen (secondary N) is 1. The van der Waals surface area contributed by atoms with Crippen molar-refractivity contribution < 1.29 is 18.5 Å². The Morgan fingerprint density at radius 2 is 2.00 bits per heavy atom. The number of carbonyl (C=O) groups excluding carboxylic acids is 2. The molecule has 3 rings (SSSR count). The fourth-order valence-electron chi connectivity index (χ4n) is 2.90. The van der Waals surface area contributed by atoms with Gasteiger partial charge in [0.15, 0.2) is 5.69 Å². The molecule has 1 fully saturated rings. The van der Waals surface area contributed by atoms with Crippen molar-refractivity contribution in [2.45, 2.75) is 6.92 Å². The molecule has 144 valence electrons. The van der Waals surface area contributed by atoms with E-state index in [1.165, 1.54) is 12.1 Å². The number of benzene rings is 1. The summed E-state index contributed by atoms with van der Waals surface area (Å²) in [7, 11) is 0. The molecule has 0 unspecified atom stereocenters. The second-order valence-electron chi connectivity index (χ2n) is 6.34. The SMILES string of the molecule is Cc1cc(C(=O)N2CCN(CCNC(=O)c3ccc(F)cc3Cl)CC2)no1. The molecule has 2 heterocycles. The standard InChI is InChI=1S/C18H20ClFN4O3/c1-12-10-16(22-27-12)18(26)24-8-6-23(7-9-24)5-4-21-17(25)14-3-2-13(20)11-15(14)19/h2-3,10-11H,4-9H2,1H3,(H,21,25). The fourth-order valence-corrected chi connectivity index (χ4v) is 3.15. The van der Waals surface area contributed by atoms with Crippen molar-refractivity contribution >= 4 is 23.4 Å². The summed E-state index contributed by atoms with van der Waals surface area (Å²) in [6, 6.07) is 5.31. The maximum Gasteiger partial charge on any atom is 0.276 e. The zero-order chi connectivity index (χ0) is 19.4. The lowest BCUT2D eigenvalue weighted by Gasteiger charge is -2.34. The Bertz CT molecular complexity index is 834. The first-order chi connectivity index (χ1) is 12.9. The van der Waals surface area contributed by atoms with Gasteiger partial charge < -0.3 is 14.7 Å². The highest BCUT2D eigenvalue weighted by Crippen LogP contribution is 2.17. The Hall–Kier alpha value is -2.45. The summed E-state index contributed by atoms with van der Waals surface area (Å²) in [5, 5.41) is 6.62. The third-order valence-electron chi connectivity index (χ3n) is 4.40. The van der Waals surface area contributed by atoms with Crippen molar-refractivity contribution in [2.24, 2.45) is 0 Å². The molecule has 27 heavy (non-hydrogen) atoms. The first kappa shape index (κ1) is 19.3. The molecular weight excluding hydrogens is 375 g/mol. The minimum absolute atomic E-state index is 0.0859. The van der Waals surface area contributed by atoms with Crippen LogP contribution in [0.25, 0.3) is 0 Å². The first-order valence-electron chi connectivity index (χ1n) is 8.62. The summed E-state index contributed by atoms with van der Waals surface area (Å²) in [5.74, 6) is -0.347. The van der Waals surface area contributed by atoms with Crippen LogP contribution in [0.15, 0.2) is 28.8 Å². The average molecular weight is 395 g/mol. The van der Waals surface area contributed by atoms with Gasteiger partial charge in [0.2, 0.25) is 0 Å². The third kappa shape index (κ3) is 4.84. The Kier molecular flexibility index (Phi) is 6.08. The number of halogens is 2. The van der Waals surface area contributed by atoms with Gasteiger partial charge in [-0.15, -0.1) is 0 Å². The van der Waals surface area contributed by atoms with Crippen LogP contribution in [0.4, 0.5) is 4.39 Å². The van der Waals surface area contributed by atoms with Gasteiger partial charge in [-0.2, -0.15) is 0 Å². The summed E-state index contributed by atoms with van der Waals surface area (Å²) < 4.78 is 18.0. The van der Waals surface area contributed by atoms with Crippen LogP contribution >= 0.6 is 11.6 Å². The van der Waals surface area contributed by atoms with E-state index >= 15 is 0 Å². The third-order valence-corrected chi connectivity index (χ3v) is 4.71. The molecule has 2 aromatic rings. The van der Waals surface area contributed by atoms with Crippen LogP contribution in [0.2, 0.25) is 5.02 Å². The van der Waals surface area contributed by atoms with E-state index in [1.807, 2.05) is 0 Å². The molecule has 7 nitrogen and oxygen atoms in total. The molecule has 0 bridgehead atoms. The lowest BCUT2D eigenvalue weighted by molar-refractivity contribution is 0.0628. The van der Waals surface area contributed by atoms with Gasteiger partial charge in [-0.3, -0.25) is 14.5 Å². The molecule has 1 aromatic carbocycles. The molecule has 0 saturated carbocycles. The first-order valence-corrected chi connectivity index (χ1v) is 9.00. The predicted octanol–water partition coefficient (Wildman–Crippen LogP) is 1.96. The summed E-state index contributed by atoms with van der Waals surface area (Å²) in [6.45, 7) is 5.41. The van der Waals surface area contributed by atoms with Crippen molar-refractivity contribution in [1.82, 2.24) is 20.3 Å². The van der Waals surface area contributed by atoms with E-state index in [1.54, 1.807) is 17.9 Å². The molecule has 0 atom stereocenters. The maximum atomic E-state index is 13.0. The zero-order valence-corrected chi connectivity index (χ0v) is 15.6. The molecule has 1 saturated heterocycles. The van der Waals surface area contributed by atoms with Gasteiger partial charge in [-0.05, 0) is 25.1 Å². The monoisotopic (exact) mass is 394 g/mol. The van der Waals surface area contributed by atoms with Crippen LogP contribution in [0.5, 0.6) is 0 Å². The fraction of sp³-hybridized carbons (Fsp3) is 0.389. The number of piperazine rings is 1. The summed E-state index contributed by atoms with van der Waals surface area (Å²) in [5.41, 5.74) is 0.570. The molecule has 2 amide bonds. The number of carbonyl (C=O) groups is 2. The number of aryl methyl sites for hydroxylation is 1. The quantitative estimate of drug-likeness (QED) is 0.838. The lowest BCUT2D eigenvalue weighted by Crippen LogP contribution is -2.50. The van der Waals surface area contributed by atoms with E-state index in [4.69, 9.17) is 16.1 Å². The van der Waals surface area contributed by atoms with Crippen molar-refractivity contribution in [1.29, 1.82) is 0 Å². The summed E-state index contributed by atoms with van der Waals surface area (Å²) in [4.78, 5) is 28.3. The largest absolute Gasteiger partial charge is 0.361 e. The Balaban J connectivity index is 1.42. The summed E-state index contributed by atoms with van der Waals surface area (Å²) in [6.07, 6.45) is 0. The van der Waals surface area contributed by atoms with E-state index < -0.39 is 5.82 Å². The molecule has 1 aromatic heterocycles. The van der Waals surface area contributed by atoms with Crippen LogP contribution < -0.4 is 5.32 Å². The van der Waals surface area contributed by atoms with Crippen molar-refractivity contribution in [3.05, 3.63) is 52.1 Å². The van der Waals surface area contributed by atoms with Crippen LogP contribution in [0, 0.1) is 12.7 Å². The highest BCUT2D eigenvalue weighted by atomic mass is 35.5. The van der Waals surface area contributed by atoms with E-state index in [9.17, 15) is 14.0 Å². The lowest BCUT2D eigenvalue weighted by atomic mass is 10.2. The van der Waals surface area contributed by atoms with E-state index in [0.29, 0.717) is 50.7 Å². The zero-order valence-electron chi connectivity index (χ0n) is 14.9. The molecule has 0 aliphatic carbocycles. The Labute approximate surface area is 161 Å². The van der Waals surface area contributed by atoms with Crippen molar-refractivity contribution in [3.63, 3.8) is 0 Å². The van der Waals surface area contributed by atoms with Gasteiger partial charge in [-0.25, -0.2) is 4.39 Å². The minimum atomic E-state index is -0.482. The number of aromatic nitrogens is 1. The Morgan fingerprint density at radius 3 is 2.63 bits per heavy atom. The second-order valence-corrected chi connectivity index (χ2v) is 6.74. The van der Waals surface area contributed by atoms with Crippen LogP contribution in [0.1, 0.15) is 26.6 Å². The highest BCUT2D eigenvalue weighted by Gasteiger charge is 2.24. The molecule has 0 radical (unpaired) electrons. The number of nitrogens with zero attached hydrogens (tertiary/aromatic N) is 3. The number of rotatable bonds is 5. The van der Waals surface area contributed by atoms with Gasteiger partial charge in [0.25, 0.3) is 11.8 Å². The number of amides is 2.